The first-order valence-corrected chi connectivity index (χ1v) is 8.42. The molecule has 2 aliphatic heterocycles. The maximum atomic E-state index is 12.8. The fraction of sp³-hybridized carbons (Fsp3) is 0.353. The molecular formula is C17H18N2O2S. The summed E-state index contributed by atoms with van der Waals surface area (Å²) in [6.07, 6.45) is 0. The van der Waals surface area contributed by atoms with Gasteiger partial charge in [-0.3, -0.25) is 4.79 Å². The van der Waals surface area contributed by atoms with Gasteiger partial charge in [0, 0.05) is 41.7 Å². The molecule has 0 radical (unpaired) electrons. The largest absolute Gasteiger partial charge is 0.488 e. The zero-order valence-corrected chi connectivity index (χ0v) is 13.3. The second kappa shape index (κ2) is 5.41. The molecule has 1 saturated heterocycles. The minimum atomic E-state index is 0.144. The molecule has 0 saturated carbocycles. The number of piperazine rings is 1. The summed E-state index contributed by atoms with van der Waals surface area (Å²) in [6, 6.07) is 10.3. The van der Waals surface area contributed by atoms with E-state index < -0.39 is 0 Å². The molecule has 4 nitrogen and oxygen atoms in total. The summed E-state index contributed by atoms with van der Waals surface area (Å²) in [5.74, 6) is 1.05. The first-order valence-electron chi connectivity index (χ1n) is 7.60. The Labute approximate surface area is 133 Å². The highest BCUT2D eigenvalue weighted by atomic mass is 32.1. The predicted molar refractivity (Wildman–Crippen MR) is 87.5 cm³/mol. The number of fused-ring (bicyclic) bond motifs is 3. The fourth-order valence-corrected chi connectivity index (χ4v) is 4.24. The van der Waals surface area contributed by atoms with Crippen LogP contribution in [-0.4, -0.2) is 36.5 Å². The summed E-state index contributed by atoms with van der Waals surface area (Å²) in [4.78, 5) is 16.8. The van der Waals surface area contributed by atoms with Crippen molar-refractivity contribution in [1.29, 1.82) is 0 Å². The Hall–Kier alpha value is -1.85. The second-order valence-electron chi connectivity index (χ2n) is 5.80. The van der Waals surface area contributed by atoms with Gasteiger partial charge in [0.2, 0.25) is 0 Å². The first kappa shape index (κ1) is 13.8. The number of carbonyl (C=O) groups is 1. The highest BCUT2D eigenvalue weighted by Gasteiger charge is 2.28. The Bertz CT molecular complexity index is 725. The Morgan fingerprint density at radius 1 is 1.41 bits per heavy atom. The number of benzene rings is 1. The summed E-state index contributed by atoms with van der Waals surface area (Å²) < 4.78 is 5.78. The third-order valence-corrected chi connectivity index (χ3v) is 5.50. The van der Waals surface area contributed by atoms with E-state index in [-0.39, 0.29) is 11.9 Å². The lowest BCUT2D eigenvalue weighted by atomic mass is 10.1. The third-order valence-electron chi connectivity index (χ3n) is 4.30. The van der Waals surface area contributed by atoms with Gasteiger partial charge in [-0.25, -0.2) is 0 Å². The van der Waals surface area contributed by atoms with Crippen molar-refractivity contribution in [3.05, 3.63) is 40.8 Å². The van der Waals surface area contributed by atoms with Crippen LogP contribution in [0.1, 0.15) is 22.2 Å². The van der Waals surface area contributed by atoms with Gasteiger partial charge >= 0.3 is 0 Å². The molecule has 1 aromatic heterocycles. The molecular weight excluding hydrogens is 296 g/mol. The van der Waals surface area contributed by atoms with Crippen molar-refractivity contribution in [2.24, 2.45) is 0 Å². The summed E-state index contributed by atoms with van der Waals surface area (Å²) in [6.45, 7) is 5.15. The molecule has 2 aliphatic rings. The minimum absolute atomic E-state index is 0.144. The van der Waals surface area contributed by atoms with E-state index in [0.717, 1.165) is 41.4 Å². The summed E-state index contributed by atoms with van der Waals surface area (Å²) in [5.41, 5.74) is 2.22. The molecule has 0 unspecified atom stereocenters. The Kier molecular flexibility index (Phi) is 3.39. The zero-order chi connectivity index (χ0) is 15.1. The van der Waals surface area contributed by atoms with Crippen molar-refractivity contribution in [2.75, 3.05) is 19.6 Å². The number of hydrogen-bond acceptors (Lipinski definition) is 4. The number of amides is 1. The number of rotatable bonds is 1. The number of hydrogen-bond donors (Lipinski definition) is 1. The van der Waals surface area contributed by atoms with Crippen LogP contribution >= 0.6 is 11.3 Å². The maximum absolute atomic E-state index is 12.8. The number of ether oxygens (including phenoxy) is 1. The molecule has 1 aromatic carbocycles. The highest BCUT2D eigenvalue weighted by Crippen LogP contribution is 2.42. The lowest BCUT2D eigenvalue weighted by Gasteiger charge is -2.33. The van der Waals surface area contributed by atoms with Crippen LogP contribution in [-0.2, 0) is 6.61 Å². The lowest BCUT2D eigenvalue weighted by molar-refractivity contribution is 0.0660. The van der Waals surface area contributed by atoms with E-state index in [1.165, 1.54) is 4.88 Å². The van der Waals surface area contributed by atoms with Crippen molar-refractivity contribution in [2.45, 2.75) is 19.6 Å². The Morgan fingerprint density at radius 3 is 3.14 bits per heavy atom. The Morgan fingerprint density at radius 2 is 2.27 bits per heavy atom. The van der Waals surface area contributed by atoms with Crippen LogP contribution in [0, 0.1) is 0 Å². The van der Waals surface area contributed by atoms with Crippen LogP contribution in [0.2, 0.25) is 0 Å². The van der Waals surface area contributed by atoms with Crippen LogP contribution in [0.5, 0.6) is 5.75 Å². The standard InChI is InChI=1S/C17H18N2O2S/c1-11-9-18-6-7-19(11)17(20)15-8-12-10-21-14-5-3-2-4-13(14)16(12)22-15/h2-5,8,11,18H,6-7,9-10H2,1H3/t11-/m1/s1. The zero-order valence-electron chi connectivity index (χ0n) is 12.5. The van der Waals surface area contributed by atoms with Gasteiger partial charge in [-0.05, 0) is 25.1 Å². The van der Waals surface area contributed by atoms with E-state index in [0.29, 0.717) is 6.61 Å². The average Bonchev–Trinajstić information content (AvgIpc) is 2.99. The van der Waals surface area contributed by atoms with Gasteiger partial charge in [-0.15, -0.1) is 11.3 Å². The van der Waals surface area contributed by atoms with Gasteiger partial charge in [0.05, 0.1) is 4.88 Å². The SMILES string of the molecule is C[C@@H]1CNCCN1C(=O)c1cc2c(s1)-c1ccccc1OC2. The van der Waals surface area contributed by atoms with Gasteiger partial charge in [0.25, 0.3) is 5.91 Å². The molecule has 1 atom stereocenters. The van der Waals surface area contributed by atoms with E-state index in [1.54, 1.807) is 11.3 Å². The smallest absolute Gasteiger partial charge is 0.264 e. The van der Waals surface area contributed by atoms with Crippen molar-refractivity contribution in [1.82, 2.24) is 10.2 Å². The van der Waals surface area contributed by atoms with Crippen molar-refractivity contribution >= 4 is 17.2 Å². The Balaban J connectivity index is 1.68. The van der Waals surface area contributed by atoms with E-state index in [9.17, 15) is 4.79 Å². The highest BCUT2D eigenvalue weighted by molar-refractivity contribution is 7.17. The molecule has 0 aliphatic carbocycles. The molecule has 22 heavy (non-hydrogen) atoms. The monoisotopic (exact) mass is 314 g/mol. The number of thiophene rings is 1. The molecule has 0 bridgehead atoms. The van der Waals surface area contributed by atoms with Crippen LogP contribution in [0.3, 0.4) is 0 Å². The van der Waals surface area contributed by atoms with Gasteiger partial charge < -0.3 is 15.0 Å². The first-order chi connectivity index (χ1) is 10.7. The maximum Gasteiger partial charge on any atom is 0.264 e. The summed E-state index contributed by atoms with van der Waals surface area (Å²) in [5, 5.41) is 3.32. The average molecular weight is 314 g/mol. The van der Waals surface area contributed by atoms with Crippen LogP contribution in [0.15, 0.2) is 30.3 Å². The number of nitrogens with zero attached hydrogens (tertiary/aromatic N) is 1. The van der Waals surface area contributed by atoms with Crippen molar-refractivity contribution in [3.8, 4) is 16.2 Å². The van der Waals surface area contributed by atoms with E-state index in [1.807, 2.05) is 29.2 Å². The predicted octanol–water partition coefficient (Wildman–Crippen LogP) is 2.74. The van der Waals surface area contributed by atoms with Gasteiger partial charge in [0.1, 0.15) is 12.4 Å². The summed E-state index contributed by atoms with van der Waals surface area (Å²) in [7, 11) is 0. The van der Waals surface area contributed by atoms with Crippen LogP contribution in [0.4, 0.5) is 0 Å². The second-order valence-corrected chi connectivity index (χ2v) is 6.85. The van der Waals surface area contributed by atoms with E-state index in [4.69, 9.17) is 4.74 Å². The molecule has 4 rings (SSSR count). The minimum Gasteiger partial charge on any atom is -0.488 e. The third kappa shape index (κ3) is 2.21. The van der Waals surface area contributed by atoms with E-state index in [2.05, 4.69) is 18.3 Å². The fourth-order valence-electron chi connectivity index (χ4n) is 3.09. The molecule has 114 valence electrons. The molecule has 3 heterocycles. The number of carbonyl (C=O) groups excluding carboxylic acids is 1. The molecule has 1 fully saturated rings. The van der Waals surface area contributed by atoms with Crippen molar-refractivity contribution in [3.63, 3.8) is 0 Å². The van der Waals surface area contributed by atoms with Gasteiger partial charge in [-0.2, -0.15) is 0 Å². The summed E-state index contributed by atoms with van der Waals surface area (Å²) >= 11 is 1.59. The lowest BCUT2D eigenvalue weighted by Crippen LogP contribution is -2.52. The molecule has 2 aromatic rings. The molecule has 0 spiro atoms. The normalized spacial score (nSPS) is 20.0. The van der Waals surface area contributed by atoms with Crippen LogP contribution in [0.25, 0.3) is 10.4 Å². The molecule has 1 amide bonds. The van der Waals surface area contributed by atoms with E-state index >= 15 is 0 Å². The number of nitrogens with one attached hydrogen (secondary N) is 1. The van der Waals surface area contributed by atoms with Crippen molar-refractivity contribution < 1.29 is 9.53 Å². The van der Waals surface area contributed by atoms with Gasteiger partial charge in [0.15, 0.2) is 0 Å². The number of para-hydroxylation sites is 1. The quantitative estimate of drug-likeness (QED) is 0.880. The molecule has 1 N–H and O–H groups in total. The van der Waals surface area contributed by atoms with Crippen LogP contribution < -0.4 is 10.1 Å². The molecule has 5 heteroatoms. The topological polar surface area (TPSA) is 41.6 Å². The van der Waals surface area contributed by atoms with Gasteiger partial charge in [-0.1, -0.05) is 12.1 Å².